The van der Waals surface area contributed by atoms with E-state index in [4.69, 9.17) is 0 Å². The van der Waals surface area contributed by atoms with E-state index in [2.05, 4.69) is 20.7 Å². The fourth-order valence-electron chi connectivity index (χ4n) is 2.62. The first-order valence-electron chi connectivity index (χ1n) is 7.68. The summed E-state index contributed by atoms with van der Waals surface area (Å²) in [6.07, 6.45) is 0.489. The van der Waals surface area contributed by atoms with E-state index in [1.165, 1.54) is 18.5 Å². The van der Waals surface area contributed by atoms with Crippen molar-refractivity contribution in [3.05, 3.63) is 36.2 Å². The molecule has 10 heteroatoms. The van der Waals surface area contributed by atoms with Crippen LogP contribution in [0.5, 0.6) is 0 Å². The van der Waals surface area contributed by atoms with Crippen molar-refractivity contribution in [3.63, 3.8) is 0 Å². The van der Waals surface area contributed by atoms with Gasteiger partial charge in [0.1, 0.15) is 18.0 Å². The lowest BCUT2D eigenvalue weighted by Crippen LogP contribution is -2.36. The van der Waals surface area contributed by atoms with Crippen molar-refractivity contribution in [1.29, 1.82) is 0 Å². The third-order valence-corrected chi connectivity index (χ3v) is 4.77. The van der Waals surface area contributed by atoms with Crippen molar-refractivity contribution < 1.29 is 18.0 Å². The molecule has 134 valence electrons. The first-order chi connectivity index (χ1) is 12.0. The lowest BCUT2D eigenvalue weighted by atomic mass is 10.1. The molecule has 0 saturated heterocycles. The number of hydrogen-bond acceptors (Lipinski definition) is 4. The minimum Gasteiger partial charge on any atom is -0.328 e. The zero-order chi connectivity index (χ0) is 17.8. The SMILES string of the molecule is O=C(Nc1cc(F)ccc1SCC(F)F)N[C@H]1CCCn2ncnc21. The average Bonchev–Trinajstić information content (AvgIpc) is 3.03. The summed E-state index contributed by atoms with van der Waals surface area (Å²) in [6.45, 7) is 0.743. The van der Waals surface area contributed by atoms with E-state index in [0.29, 0.717) is 17.1 Å². The van der Waals surface area contributed by atoms with Gasteiger partial charge in [0.25, 0.3) is 0 Å². The van der Waals surface area contributed by atoms with Gasteiger partial charge in [-0.1, -0.05) is 0 Å². The molecule has 3 rings (SSSR count). The predicted octanol–water partition coefficient (Wildman–Crippen LogP) is 3.43. The first-order valence-corrected chi connectivity index (χ1v) is 8.67. The first kappa shape index (κ1) is 17.6. The van der Waals surface area contributed by atoms with E-state index in [0.717, 1.165) is 30.8 Å². The summed E-state index contributed by atoms with van der Waals surface area (Å²) in [6, 6.07) is 2.79. The Morgan fingerprint density at radius 3 is 3.08 bits per heavy atom. The van der Waals surface area contributed by atoms with Crippen molar-refractivity contribution in [2.75, 3.05) is 11.1 Å². The molecule has 2 aromatic rings. The normalized spacial score (nSPS) is 16.6. The van der Waals surface area contributed by atoms with E-state index >= 15 is 0 Å². The standard InChI is InChI=1S/C15H16F3N5OS/c16-9-3-4-12(25-7-13(17)18)11(6-9)22-15(24)21-10-2-1-5-23-14(10)19-8-20-23/h3-4,6,8,10,13H,1-2,5,7H2,(H2,21,22,24)/t10-/m0/s1. The van der Waals surface area contributed by atoms with E-state index in [-0.39, 0.29) is 11.7 Å². The number of nitrogens with one attached hydrogen (secondary N) is 2. The Bertz CT molecular complexity index is 755. The van der Waals surface area contributed by atoms with Crippen LogP contribution < -0.4 is 10.6 Å². The van der Waals surface area contributed by atoms with E-state index in [9.17, 15) is 18.0 Å². The van der Waals surface area contributed by atoms with Crippen LogP contribution in [0.25, 0.3) is 0 Å². The molecule has 0 bridgehead atoms. The third-order valence-electron chi connectivity index (χ3n) is 3.68. The van der Waals surface area contributed by atoms with Gasteiger partial charge in [0, 0.05) is 11.4 Å². The van der Waals surface area contributed by atoms with Crippen LogP contribution in [-0.4, -0.2) is 33.0 Å². The summed E-state index contributed by atoms with van der Waals surface area (Å²) in [5.41, 5.74) is 0.153. The zero-order valence-electron chi connectivity index (χ0n) is 13.1. The van der Waals surface area contributed by atoms with Crippen molar-refractivity contribution in [2.45, 2.75) is 36.7 Å². The second kappa shape index (κ2) is 7.77. The molecule has 0 aliphatic carbocycles. The van der Waals surface area contributed by atoms with E-state index in [1.807, 2.05) is 0 Å². The number of carbonyl (C=O) groups is 1. The average molecular weight is 371 g/mol. The molecule has 2 N–H and O–H groups in total. The van der Waals surface area contributed by atoms with Crippen LogP contribution in [0.2, 0.25) is 0 Å². The number of halogens is 3. The molecule has 0 saturated carbocycles. The number of amides is 2. The molecule has 0 fully saturated rings. The van der Waals surface area contributed by atoms with E-state index < -0.39 is 24.0 Å². The Hall–Kier alpha value is -2.23. The largest absolute Gasteiger partial charge is 0.328 e. The Balaban J connectivity index is 1.68. The minimum atomic E-state index is -2.50. The van der Waals surface area contributed by atoms with Crippen LogP contribution in [0.3, 0.4) is 0 Å². The number of alkyl halides is 2. The summed E-state index contributed by atoms with van der Waals surface area (Å²) >= 11 is 0.856. The third kappa shape index (κ3) is 4.44. The topological polar surface area (TPSA) is 71.8 Å². The van der Waals surface area contributed by atoms with Crippen molar-refractivity contribution in [2.24, 2.45) is 0 Å². The van der Waals surface area contributed by atoms with Crippen LogP contribution in [0.15, 0.2) is 29.4 Å². The van der Waals surface area contributed by atoms with Crippen LogP contribution in [0, 0.1) is 5.82 Å². The van der Waals surface area contributed by atoms with Crippen LogP contribution in [0.1, 0.15) is 24.7 Å². The van der Waals surface area contributed by atoms with Crippen LogP contribution in [-0.2, 0) is 6.54 Å². The van der Waals surface area contributed by atoms with Gasteiger partial charge in [-0.25, -0.2) is 27.6 Å². The molecule has 0 spiro atoms. The molecule has 2 heterocycles. The molecule has 2 amide bonds. The second-order valence-electron chi connectivity index (χ2n) is 5.48. The van der Waals surface area contributed by atoms with Crippen LogP contribution >= 0.6 is 11.8 Å². The number of benzene rings is 1. The molecule has 1 aromatic heterocycles. The van der Waals surface area contributed by atoms with Gasteiger partial charge in [-0.2, -0.15) is 5.10 Å². The van der Waals surface area contributed by atoms with E-state index in [1.54, 1.807) is 4.68 Å². The minimum absolute atomic E-state index is 0.153. The summed E-state index contributed by atoms with van der Waals surface area (Å²) in [5, 5.41) is 9.37. The van der Waals surface area contributed by atoms with Crippen molar-refractivity contribution in [3.8, 4) is 0 Å². The second-order valence-corrected chi connectivity index (χ2v) is 6.54. The summed E-state index contributed by atoms with van der Waals surface area (Å²) in [5.74, 6) is -0.338. The fourth-order valence-corrected chi connectivity index (χ4v) is 3.36. The number of carbonyl (C=O) groups excluding carboxylic acids is 1. The van der Waals surface area contributed by atoms with Gasteiger partial charge in [0.05, 0.1) is 17.5 Å². The smallest absolute Gasteiger partial charge is 0.319 e. The number of fused-ring (bicyclic) bond motifs is 1. The molecular weight excluding hydrogens is 355 g/mol. The Morgan fingerprint density at radius 2 is 2.28 bits per heavy atom. The van der Waals surface area contributed by atoms with Crippen molar-refractivity contribution >= 4 is 23.5 Å². The maximum absolute atomic E-state index is 13.5. The number of urea groups is 1. The summed E-state index contributed by atoms with van der Waals surface area (Å²) < 4.78 is 40.0. The molecule has 0 radical (unpaired) electrons. The number of rotatable bonds is 5. The number of aryl methyl sites for hydroxylation is 1. The highest BCUT2D eigenvalue weighted by atomic mass is 32.2. The number of nitrogens with zero attached hydrogens (tertiary/aromatic N) is 3. The highest BCUT2D eigenvalue weighted by molar-refractivity contribution is 7.99. The van der Waals surface area contributed by atoms with Gasteiger partial charge >= 0.3 is 6.03 Å². The fraction of sp³-hybridized carbons (Fsp3) is 0.400. The highest BCUT2D eigenvalue weighted by Gasteiger charge is 2.24. The van der Waals surface area contributed by atoms with Gasteiger partial charge in [0.15, 0.2) is 0 Å². The predicted molar refractivity (Wildman–Crippen MR) is 87.3 cm³/mol. The monoisotopic (exact) mass is 371 g/mol. The van der Waals surface area contributed by atoms with Crippen LogP contribution in [0.4, 0.5) is 23.7 Å². The Kier molecular flexibility index (Phi) is 5.47. The quantitative estimate of drug-likeness (QED) is 0.790. The lowest BCUT2D eigenvalue weighted by molar-refractivity contribution is 0.177. The Labute approximate surface area is 146 Å². The molecule has 1 atom stereocenters. The van der Waals surface area contributed by atoms with Gasteiger partial charge in [-0.3, -0.25) is 0 Å². The number of hydrogen-bond donors (Lipinski definition) is 2. The van der Waals surface area contributed by atoms with Crippen molar-refractivity contribution in [1.82, 2.24) is 20.1 Å². The summed E-state index contributed by atoms with van der Waals surface area (Å²) in [4.78, 5) is 16.8. The lowest BCUT2D eigenvalue weighted by Gasteiger charge is -2.23. The van der Waals surface area contributed by atoms with Gasteiger partial charge in [-0.15, -0.1) is 11.8 Å². The maximum Gasteiger partial charge on any atom is 0.319 e. The number of anilines is 1. The molecule has 0 unspecified atom stereocenters. The number of thioether (sulfide) groups is 1. The number of aromatic nitrogens is 3. The van der Waals surface area contributed by atoms with Gasteiger partial charge in [-0.05, 0) is 31.0 Å². The molecular formula is C15H16F3N5OS. The molecule has 6 nitrogen and oxygen atoms in total. The zero-order valence-corrected chi connectivity index (χ0v) is 13.9. The maximum atomic E-state index is 13.5. The molecule has 1 aliphatic heterocycles. The van der Waals surface area contributed by atoms with Gasteiger partial charge in [0.2, 0.25) is 6.43 Å². The van der Waals surface area contributed by atoms with Gasteiger partial charge < -0.3 is 10.6 Å². The molecule has 1 aliphatic rings. The molecule has 25 heavy (non-hydrogen) atoms. The Morgan fingerprint density at radius 1 is 1.44 bits per heavy atom. The summed E-state index contributed by atoms with van der Waals surface area (Å²) in [7, 11) is 0. The molecule has 1 aromatic carbocycles. The highest BCUT2D eigenvalue weighted by Crippen LogP contribution is 2.29.